The van der Waals surface area contributed by atoms with Crippen LogP contribution in [0.15, 0.2) is 29.2 Å². The molecule has 1 aromatic rings. The second-order valence-corrected chi connectivity index (χ2v) is 7.30. The van der Waals surface area contributed by atoms with Crippen LogP contribution in [0.25, 0.3) is 0 Å². The molecule has 1 aliphatic rings. The molecule has 124 valence electrons. The van der Waals surface area contributed by atoms with Crippen LogP contribution in [0.4, 0.5) is 4.79 Å². The van der Waals surface area contributed by atoms with Gasteiger partial charge in [0.1, 0.15) is 11.4 Å². The minimum Gasteiger partial charge on any atom is -0.338 e. The van der Waals surface area contributed by atoms with Crippen LogP contribution in [0.3, 0.4) is 0 Å². The van der Waals surface area contributed by atoms with Gasteiger partial charge >= 0.3 is 6.03 Å². The average Bonchev–Trinajstić information content (AvgIpc) is 2.67. The van der Waals surface area contributed by atoms with Crippen molar-refractivity contribution >= 4 is 27.9 Å². The van der Waals surface area contributed by atoms with E-state index in [2.05, 4.69) is 5.32 Å². The fourth-order valence-electron chi connectivity index (χ4n) is 2.02. The predicted octanol–water partition coefficient (Wildman–Crippen LogP) is 0.313. The Hall–Kier alpha value is -2.42. The highest BCUT2D eigenvalue weighted by molar-refractivity contribution is 7.90. The summed E-state index contributed by atoms with van der Waals surface area (Å²) in [4.78, 5) is 35.3. The lowest BCUT2D eigenvalue weighted by molar-refractivity contribution is -0.119. The first-order valence-corrected chi connectivity index (χ1v) is 8.41. The number of hydrogen-bond acceptors (Lipinski definition) is 5. The maximum Gasteiger partial charge on any atom is 0.321 e. The van der Waals surface area contributed by atoms with Gasteiger partial charge in [-0.1, -0.05) is 26.0 Å². The van der Waals surface area contributed by atoms with Gasteiger partial charge in [0.2, 0.25) is 5.91 Å². The summed E-state index contributed by atoms with van der Waals surface area (Å²) >= 11 is 0. The molecule has 1 aliphatic heterocycles. The summed E-state index contributed by atoms with van der Waals surface area (Å²) in [7, 11) is -4.06. The Bertz CT molecular complexity index is 757. The zero-order valence-electron chi connectivity index (χ0n) is 12.7. The quantitative estimate of drug-likeness (QED) is 0.820. The van der Waals surface area contributed by atoms with Crippen molar-refractivity contribution in [1.82, 2.24) is 14.9 Å². The summed E-state index contributed by atoms with van der Waals surface area (Å²) in [6.07, 6.45) is 0. The molecular weight excluding hydrogens is 322 g/mol. The molecule has 1 heterocycles. The van der Waals surface area contributed by atoms with E-state index in [-0.39, 0.29) is 16.4 Å². The van der Waals surface area contributed by atoms with Crippen LogP contribution in [-0.2, 0) is 14.8 Å². The third kappa shape index (κ3) is 3.50. The van der Waals surface area contributed by atoms with E-state index in [1.54, 1.807) is 0 Å². The molecule has 8 nitrogen and oxygen atoms in total. The van der Waals surface area contributed by atoms with E-state index in [0.29, 0.717) is 10.8 Å². The number of sulfonamides is 1. The normalized spacial score (nSPS) is 15.4. The fraction of sp³-hybridized carbons (Fsp3) is 0.357. The molecule has 9 heteroatoms. The van der Waals surface area contributed by atoms with E-state index < -0.39 is 34.4 Å². The minimum atomic E-state index is -4.06. The molecule has 0 radical (unpaired) electrons. The molecule has 0 aliphatic carbocycles. The Morgan fingerprint density at radius 2 is 1.87 bits per heavy atom. The van der Waals surface area contributed by atoms with Crippen LogP contribution in [0.2, 0.25) is 0 Å². The highest BCUT2D eigenvalue weighted by atomic mass is 32.2. The smallest absolute Gasteiger partial charge is 0.321 e. The van der Waals surface area contributed by atoms with Crippen molar-refractivity contribution in [3.63, 3.8) is 0 Å². The molecule has 0 bridgehead atoms. The van der Waals surface area contributed by atoms with E-state index in [1.165, 1.54) is 24.3 Å². The van der Waals surface area contributed by atoms with E-state index in [1.807, 2.05) is 19.2 Å². The summed E-state index contributed by atoms with van der Waals surface area (Å²) in [6.45, 7) is 3.39. The molecular formula is C14H17N3O5S. The first-order chi connectivity index (χ1) is 10.7. The SMILES string of the molecule is CC(C)CNC(=O)NC(=O)CN1C(=O)c2ccccc2S1(=O)=O. The van der Waals surface area contributed by atoms with Crippen LogP contribution in [-0.4, -0.2) is 43.7 Å². The second-order valence-electron chi connectivity index (χ2n) is 5.47. The van der Waals surface area contributed by atoms with Crippen molar-refractivity contribution in [2.75, 3.05) is 13.1 Å². The van der Waals surface area contributed by atoms with Crippen molar-refractivity contribution in [2.24, 2.45) is 5.92 Å². The third-order valence-electron chi connectivity index (χ3n) is 3.12. The van der Waals surface area contributed by atoms with Gasteiger partial charge < -0.3 is 5.32 Å². The maximum absolute atomic E-state index is 12.3. The van der Waals surface area contributed by atoms with Crippen LogP contribution >= 0.6 is 0 Å². The topological polar surface area (TPSA) is 113 Å². The van der Waals surface area contributed by atoms with Crippen molar-refractivity contribution in [1.29, 1.82) is 0 Å². The van der Waals surface area contributed by atoms with Gasteiger partial charge in [0.25, 0.3) is 15.9 Å². The standard InChI is InChI=1S/C14H17N3O5S/c1-9(2)7-15-14(20)16-12(18)8-17-13(19)10-5-3-4-6-11(10)23(17,21)22/h3-6,9H,7-8H2,1-2H3,(H2,15,16,18,20). The van der Waals surface area contributed by atoms with Gasteiger partial charge in [0.15, 0.2) is 0 Å². The van der Waals surface area contributed by atoms with E-state index in [9.17, 15) is 22.8 Å². The van der Waals surface area contributed by atoms with Crippen LogP contribution in [0.5, 0.6) is 0 Å². The zero-order chi connectivity index (χ0) is 17.2. The number of carbonyl (C=O) groups is 3. The molecule has 0 saturated carbocycles. The highest BCUT2D eigenvalue weighted by Crippen LogP contribution is 2.29. The summed E-state index contributed by atoms with van der Waals surface area (Å²) in [6, 6.07) is 4.98. The lowest BCUT2D eigenvalue weighted by Crippen LogP contribution is -2.46. The van der Waals surface area contributed by atoms with Gasteiger partial charge in [-0.25, -0.2) is 17.5 Å². The largest absolute Gasteiger partial charge is 0.338 e. The molecule has 0 aromatic heterocycles. The first kappa shape index (κ1) is 16.9. The van der Waals surface area contributed by atoms with Crippen LogP contribution in [0.1, 0.15) is 24.2 Å². The molecule has 0 unspecified atom stereocenters. The van der Waals surface area contributed by atoms with Gasteiger partial charge in [-0.15, -0.1) is 0 Å². The summed E-state index contributed by atoms with van der Waals surface area (Å²) in [5.74, 6) is -1.46. The maximum atomic E-state index is 12.3. The van der Waals surface area contributed by atoms with Gasteiger partial charge in [-0.2, -0.15) is 0 Å². The van der Waals surface area contributed by atoms with Crippen molar-refractivity contribution < 1.29 is 22.8 Å². The molecule has 0 spiro atoms. The number of fused-ring (bicyclic) bond motifs is 1. The monoisotopic (exact) mass is 339 g/mol. The molecule has 0 saturated heterocycles. The number of imide groups is 1. The fourth-order valence-corrected chi connectivity index (χ4v) is 3.55. The van der Waals surface area contributed by atoms with Crippen LogP contribution < -0.4 is 10.6 Å². The highest BCUT2D eigenvalue weighted by Gasteiger charge is 2.41. The number of nitrogens with zero attached hydrogens (tertiary/aromatic N) is 1. The van der Waals surface area contributed by atoms with E-state index in [4.69, 9.17) is 0 Å². The zero-order valence-corrected chi connectivity index (χ0v) is 13.5. The minimum absolute atomic E-state index is 0.0181. The number of rotatable bonds is 4. The molecule has 4 amide bonds. The summed E-state index contributed by atoms with van der Waals surface area (Å²) in [5, 5.41) is 4.46. The predicted molar refractivity (Wildman–Crippen MR) is 81.0 cm³/mol. The van der Waals surface area contributed by atoms with Gasteiger partial charge in [0, 0.05) is 6.54 Å². The Morgan fingerprint density at radius 3 is 2.48 bits per heavy atom. The van der Waals surface area contributed by atoms with Crippen molar-refractivity contribution in [2.45, 2.75) is 18.7 Å². The van der Waals surface area contributed by atoms with Gasteiger partial charge in [-0.3, -0.25) is 14.9 Å². The van der Waals surface area contributed by atoms with Crippen molar-refractivity contribution in [3.05, 3.63) is 29.8 Å². The van der Waals surface area contributed by atoms with E-state index in [0.717, 1.165) is 0 Å². The number of carbonyl (C=O) groups excluding carboxylic acids is 3. The van der Waals surface area contributed by atoms with Crippen molar-refractivity contribution in [3.8, 4) is 0 Å². The third-order valence-corrected chi connectivity index (χ3v) is 4.91. The Labute approximate surface area is 133 Å². The number of benzene rings is 1. The van der Waals surface area contributed by atoms with Crippen LogP contribution in [0, 0.1) is 5.92 Å². The summed E-state index contributed by atoms with van der Waals surface area (Å²) in [5.41, 5.74) is 0.0181. The molecule has 0 fully saturated rings. The van der Waals surface area contributed by atoms with Gasteiger partial charge in [0.05, 0.1) is 5.56 Å². The second kappa shape index (κ2) is 6.37. The average molecular weight is 339 g/mol. The summed E-state index contributed by atoms with van der Waals surface area (Å²) < 4.78 is 25.0. The number of amides is 4. The van der Waals surface area contributed by atoms with Gasteiger partial charge in [-0.05, 0) is 18.1 Å². The molecule has 2 N–H and O–H groups in total. The number of urea groups is 1. The Kier molecular flexibility index (Phi) is 4.69. The first-order valence-electron chi connectivity index (χ1n) is 6.97. The molecule has 23 heavy (non-hydrogen) atoms. The Balaban J connectivity index is 2.05. The lowest BCUT2D eigenvalue weighted by atomic mass is 10.2. The molecule has 1 aromatic carbocycles. The number of nitrogens with one attached hydrogen (secondary N) is 2. The lowest BCUT2D eigenvalue weighted by Gasteiger charge is -2.14. The van der Waals surface area contributed by atoms with E-state index >= 15 is 0 Å². The Morgan fingerprint density at radius 1 is 1.22 bits per heavy atom. The molecule has 2 rings (SSSR count). The molecule has 0 atom stereocenters. The number of hydrogen-bond donors (Lipinski definition) is 2.